The van der Waals surface area contributed by atoms with Crippen LogP contribution in [0.15, 0.2) is 138 Å². The second-order valence-electron chi connectivity index (χ2n) is 13.4. The zero-order chi connectivity index (χ0) is 38.4. The number of fused-ring (bicyclic) bond motifs is 4. The van der Waals surface area contributed by atoms with Gasteiger partial charge in [-0.2, -0.15) is 13.0 Å². The quantitative estimate of drug-likeness (QED) is 0.101. The molecule has 3 aromatic heterocycles. The Labute approximate surface area is 327 Å². The summed E-state index contributed by atoms with van der Waals surface area (Å²) in [4.78, 5) is 13.8. The summed E-state index contributed by atoms with van der Waals surface area (Å²) in [6.45, 7) is 3.19. The maximum atomic E-state index is 11.9. The third kappa shape index (κ3) is 6.70. The molecule has 0 spiro atoms. The van der Waals surface area contributed by atoms with Crippen LogP contribution in [0.2, 0.25) is 0 Å². The average Bonchev–Trinajstić information content (AvgIpc) is 3.96. The number of nitrogens with zero attached hydrogens (tertiary/aromatic N) is 6. The van der Waals surface area contributed by atoms with Gasteiger partial charge in [-0.05, 0) is 73.7 Å². The van der Waals surface area contributed by atoms with Crippen LogP contribution >= 0.6 is 11.3 Å². The number of para-hydroxylation sites is 4. The van der Waals surface area contributed by atoms with Gasteiger partial charge in [0, 0.05) is 43.8 Å². The molecule has 0 atom stereocenters. The van der Waals surface area contributed by atoms with E-state index in [0.717, 1.165) is 67.6 Å². The highest BCUT2D eigenvalue weighted by molar-refractivity contribution is 7.85. The summed E-state index contributed by atoms with van der Waals surface area (Å²) in [5.41, 5.74) is 7.94. The van der Waals surface area contributed by atoms with Gasteiger partial charge in [0.25, 0.3) is 21.1 Å². The molecule has 0 radical (unpaired) electrons. The Balaban J connectivity index is 1.11. The van der Waals surface area contributed by atoms with E-state index in [1.165, 1.54) is 11.3 Å². The second kappa shape index (κ2) is 14.4. The fourth-order valence-electron chi connectivity index (χ4n) is 7.32. The molecule has 56 heavy (non-hydrogen) atoms. The summed E-state index contributed by atoms with van der Waals surface area (Å²) in [6.07, 6.45) is 6.35. The molecular formula is C43H37N6O5S2+. The Hall–Kier alpha value is -6.28. The molecule has 0 saturated carbocycles. The normalized spacial score (nSPS) is 13.9. The van der Waals surface area contributed by atoms with Crippen molar-refractivity contribution in [1.82, 2.24) is 14.5 Å². The van der Waals surface area contributed by atoms with E-state index in [4.69, 9.17) is 14.1 Å². The Kier molecular flexibility index (Phi) is 9.12. The summed E-state index contributed by atoms with van der Waals surface area (Å²) in [7, 11) is -2.12. The van der Waals surface area contributed by atoms with E-state index >= 15 is 0 Å². The van der Waals surface area contributed by atoms with Crippen molar-refractivity contribution < 1.29 is 26.7 Å². The van der Waals surface area contributed by atoms with Gasteiger partial charge in [-0.25, -0.2) is 14.5 Å². The fourth-order valence-corrected chi connectivity index (χ4v) is 8.65. The molecule has 0 fully saturated rings. The number of imidazole rings is 1. The van der Waals surface area contributed by atoms with Crippen molar-refractivity contribution in [2.24, 2.45) is 0 Å². The van der Waals surface area contributed by atoms with Crippen molar-refractivity contribution in [1.29, 1.82) is 0 Å². The molecule has 1 aliphatic heterocycles. The highest BCUT2D eigenvalue weighted by Gasteiger charge is 2.29. The number of oxazole rings is 1. The third-order valence-corrected chi connectivity index (χ3v) is 11.6. The first-order valence-corrected chi connectivity index (χ1v) is 20.7. The standard InChI is InChI=1S/C43H36N6O5S2/c1-3-47-34-24-22-31(53-43-45-33-16-8-10-18-39(33)55-43)28-36(34)46(2)40(47)19-11-20-41-48(25-12-26-56(50,51)52)37-27-29(42-44-32-15-7-9-17-38(32)54-42)21-23-35(37)49(41)30-13-5-4-6-14-30/h4-11,13-24,27-28H,3,12,25-26H2,1-2H3/p+1. The van der Waals surface area contributed by atoms with Crippen LogP contribution < -0.4 is 19.1 Å². The molecule has 8 aromatic rings. The summed E-state index contributed by atoms with van der Waals surface area (Å²) in [5, 5.41) is 0.595. The lowest BCUT2D eigenvalue weighted by Crippen LogP contribution is -2.37. The lowest BCUT2D eigenvalue weighted by Gasteiger charge is -2.20. The summed E-state index contributed by atoms with van der Waals surface area (Å²) in [5.74, 6) is 2.63. The van der Waals surface area contributed by atoms with Gasteiger partial charge in [0.2, 0.25) is 5.89 Å². The van der Waals surface area contributed by atoms with E-state index in [1.54, 1.807) is 0 Å². The van der Waals surface area contributed by atoms with Crippen molar-refractivity contribution in [3.63, 3.8) is 0 Å². The molecule has 0 saturated heterocycles. The number of benzene rings is 5. The van der Waals surface area contributed by atoms with Crippen LogP contribution in [0.5, 0.6) is 10.9 Å². The van der Waals surface area contributed by atoms with Crippen molar-refractivity contribution in [3.8, 4) is 28.1 Å². The van der Waals surface area contributed by atoms with Crippen LogP contribution in [-0.4, -0.2) is 46.9 Å². The molecule has 1 N–H and O–H groups in total. The number of hydrogen-bond acceptors (Lipinski definition) is 9. The van der Waals surface area contributed by atoms with E-state index in [-0.39, 0.29) is 12.2 Å². The van der Waals surface area contributed by atoms with Crippen LogP contribution in [0.1, 0.15) is 19.2 Å². The number of aromatic nitrogens is 4. The van der Waals surface area contributed by atoms with Gasteiger partial charge in [0.15, 0.2) is 16.6 Å². The zero-order valence-electron chi connectivity index (χ0n) is 30.6. The Bertz CT molecular complexity index is 2870. The Morgan fingerprint density at radius 3 is 2.46 bits per heavy atom. The van der Waals surface area contributed by atoms with Crippen LogP contribution in [0.4, 0.5) is 11.4 Å². The van der Waals surface area contributed by atoms with Crippen LogP contribution in [0.25, 0.3) is 55.6 Å². The largest absolute Gasteiger partial charge is 0.436 e. The lowest BCUT2D eigenvalue weighted by molar-refractivity contribution is -0.673. The maximum Gasteiger partial charge on any atom is 0.287 e. The second-order valence-corrected chi connectivity index (χ2v) is 16.0. The minimum Gasteiger partial charge on any atom is -0.436 e. The minimum atomic E-state index is -4.16. The Morgan fingerprint density at radius 2 is 1.68 bits per heavy atom. The van der Waals surface area contributed by atoms with Gasteiger partial charge in [-0.15, -0.1) is 0 Å². The summed E-state index contributed by atoms with van der Waals surface area (Å²) < 4.78 is 51.1. The number of thiazole rings is 1. The first-order valence-electron chi connectivity index (χ1n) is 18.3. The molecular weight excluding hydrogens is 745 g/mol. The van der Waals surface area contributed by atoms with E-state index in [2.05, 4.69) is 43.0 Å². The van der Waals surface area contributed by atoms with Crippen molar-refractivity contribution >= 4 is 71.3 Å². The molecule has 4 heterocycles. The van der Waals surface area contributed by atoms with Crippen LogP contribution in [-0.2, 0) is 16.7 Å². The van der Waals surface area contributed by atoms with Crippen LogP contribution in [0, 0.1) is 0 Å². The van der Waals surface area contributed by atoms with Gasteiger partial charge in [-0.1, -0.05) is 59.9 Å². The number of hydrogen-bond donors (Lipinski definition) is 1. The zero-order valence-corrected chi connectivity index (χ0v) is 32.2. The van der Waals surface area contributed by atoms with Gasteiger partial charge in [0.1, 0.15) is 22.8 Å². The average molecular weight is 782 g/mol. The van der Waals surface area contributed by atoms with Gasteiger partial charge in [0.05, 0.1) is 33.9 Å². The predicted octanol–water partition coefficient (Wildman–Crippen LogP) is 9.24. The van der Waals surface area contributed by atoms with Crippen molar-refractivity contribution in [2.45, 2.75) is 19.9 Å². The van der Waals surface area contributed by atoms with Gasteiger partial charge >= 0.3 is 0 Å². The van der Waals surface area contributed by atoms with E-state index in [0.29, 0.717) is 29.0 Å². The highest BCUT2D eigenvalue weighted by atomic mass is 32.2. The number of allylic oxidation sites excluding steroid dienone is 2. The first kappa shape index (κ1) is 35.4. The number of rotatable bonds is 11. The topological polar surface area (TPSA) is 118 Å². The van der Waals surface area contributed by atoms with E-state index < -0.39 is 10.1 Å². The fraction of sp³-hybridized carbons (Fsp3) is 0.140. The molecule has 9 rings (SSSR count). The van der Waals surface area contributed by atoms with Crippen molar-refractivity contribution in [2.75, 3.05) is 29.1 Å². The smallest absolute Gasteiger partial charge is 0.287 e. The van der Waals surface area contributed by atoms with Crippen LogP contribution in [0.3, 0.4) is 0 Å². The van der Waals surface area contributed by atoms with E-state index in [9.17, 15) is 13.0 Å². The molecule has 280 valence electrons. The SMILES string of the molecule is CCN1/C(=C\C=C/c2n(-c3ccccc3)c3ccc(-c4nc5ccccc5o4)cc3[n+]2CCCS(=O)(=O)O)N(C)c2cc(Oc3nc4ccccc4s3)ccc21. The molecule has 0 amide bonds. The minimum absolute atomic E-state index is 0.204. The van der Waals surface area contributed by atoms with Crippen molar-refractivity contribution in [3.05, 3.63) is 139 Å². The molecule has 13 heteroatoms. The van der Waals surface area contributed by atoms with Gasteiger partial charge in [-0.3, -0.25) is 4.55 Å². The summed E-state index contributed by atoms with van der Waals surface area (Å²) >= 11 is 1.52. The monoisotopic (exact) mass is 781 g/mol. The lowest BCUT2D eigenvalue weighted by atomic mass is 10.2. The highest BCUT2D eigenvalue weighted by Crippen LogP contribution is 2.44. The number of ether oxygens (including phenoxy) is 1. The Morgan fingerprint density at radius 1 is 0.893 bits per heavy atom. The molecule has 1 aliphatic rings. The van der Waals surface area contributed by atoms with Gasteiger partial charge < -0.3 is 19.0 Å². The molecule has 11 nitrogen and oxygen atoms in total. The van der Waals surface area contributed by atoms with E-state index in [1.807, 2.05) is 128 Å². The molecule has 0 aliphatic carbocycles. The number of anilines is 2. The third-order valence-electron chi connectivity index (χ3n) is 9.86. The predicted molar refractivity (Wildman–Crippen MR) is 222 cm³/mol. The number of aryl methyl sites for hydroxylation is 1. The first-order chi connectivity index (χ1) is 27.2. The summed E-state index contributed by atoms with van der Waals surface area (Å²) in [6, 6.07) is 37.8. The maximum absolute atomic E-state index is 11.9. The molecule has 5 aromatic carbocycles. The molecule has 0 bridgehead atoms. The molecule has 0 unspecified atom stereocenters.